The van der Waals surface area contributed by atoms with Crippen LogP contribution < -0.4 is 0 Å². The number of hydrogen-bond donors (Lipinski definition) is 1. The number of nitrogens with one attached hydrogen (secondary N) is 1. The number of imidazole rings is 1. The third kappa shape index (κ3) is 1.74. The molecule has 0 unspecified atom stereocenters. The second kappa shape index (κ2) is 3.76. The number of nitrogens with zero attached hydrogens (tertiary/aromatic N) is 2. The van der Waals surface area contributed by atoms with Crippen LogP contribution in [0.5, 0.6) is 0 Å². The Morgan fingerprint density at radius 3 is 2.81 bits per heavy atom. The van der Waals surface area contributed by atoms with Crippen LogP contribution in [0.15, 0.2) is 17.5 Å². The van der Waals surface area contributed by atoms with Gasteiger partial charge in [-0.15, -0.1) is 11.3 Å². The Hall–Kier alpha value is -1.60. The Morgan fingerprint density at radius 1 is 1.50 bits per heavy atom. The first kappa shape index (κ1) is 10.9. The van der Waals surface area contributed by atoms with Gasteiger partial charge in [0, 0.05) is 5.69 Å². The van der Waals surface area contributed by atoms with Crippen molar-refractivity contribution in [2.45, 2.75) is 26.2 Å². The van der Waals surface area contributed by atoms with Crippen LogP contribution in [-0.2, 0) is 5.41 Å². The fourth-order valence-corrected chi connectivity index (χ4v) is 2.23. The van der Waals surface area contributed by atoms with E-state index in [0.717, 1.165) is 22.1 Å². The number of thiophene rings is 1. The van der Waals surface area contributed by atoms with E-state index in [-0.39, 0.29) is 0 Å². The van der Waals surface area contributed by atoms with E-state index in [0.29, 0.717) is 0 Å². The highest BCUT2D eigenvalue weighted by atomic mass is 32.1. The number of nitriles is 1. The Labute approximate surface area is 98.8 Å². The SMILES string of the molecule is Cc1[nH]c(C(C)(C)C#N)nc1-c1cccs1. The van der Waals surface area contributed by atoms with Crippen LogP contribution in [0.4, 0.5) is 0 Å². The largest absolute Gasteiger partial charge is 0.344 e. The molecule has 0 aliphatic carbocycles. The number of aromatic amines is 1. The number of aryl methyl sites for hydroxylation is 1. The molecule has 2 aromatic heterocycles. The first-order valence-electron chi connectivity index (χ1n) is 5.07. The Balaban J connectivity index is 2.49. The van der Waals surface area contributed by atoms with Gasteiger partial charge < -0.3 is 4.98 Å². The number of rotatable bonds is 2. The van der Waals surface area contributed by atoms with Crippen LogP contribution in [-0.4, -0.2) is 9.97 Å². The molecular formula is C12H13N3S. The quantitative estimate of drug-likeness (QED) is 0.862. The summed E-state index contributed by atoms with van der Waals surface area (Å²) in [5.41, 5.74) is 1.40. The summed E-state index contributed by atoms with van der Waals surface area (Å²) < 4.78 is 0. The third-order valence-electron chi connectivity index (χ3n) is 2.51. The molecule has 0 amide bonds. The molecule has 0 spiro atoms. The molecule has 0 atom stereocenters. The summed E-state index contributed by atoms with van der Waals surface area (Å²) in [5, 5.41) is 11.1. The molecule has 2 rings (SSSR count). The van der Waals surface area contributed by atoms with Gasteiger partial charge in [-0.05, 0) is 32.2 Å². The van der Waals surface area contributed by atoms with E-state index in [1.165, 1.54) is 0 Å². The number of hydrogen-bond acceptors (Lipinski definition) is 3. The van der Waals surface area contributed by atoms with Crippen molar-refractivity contribution in [2.24, 2.45) is 0 Å². The minimum Gasteiger partial charge on any atom is -0.344 e. The molecule has 0 aromatic carbocycles. The van der Waals surface area contributed by atoms with Gasteiger partial charge in [0.15, 0.2) is 0 Å². The Morgan fingerprint density at radius 2 is 2.25 bits per heavy atom. The van der Waals surface area contributed by atoms with E-state index in [2.05, 4.69) is 16.0 Å². The molecular weight excluding hydrogens is 218 g/mol. The summed E-state index contributed by atoms with van der Waals surface area (Å²) in [4.78, 5) is 8.86. The van der Waals surface area contributed by atoms with Crippen molar-refractivity contribution in [2.75, 3.05) is 0 Å². The molecule has 0 saturated heterocycles. The molecule has 16 heavy (non-hydrogen) atoms. The maximum Gasteiger partial charge on any atom is 0.127 e. The molecule has 0 aliphatic rings. The Bertz CT molecular complexity index is 529. The normalized spacial score (nSPS) is 11.4. The molecule has 0 saturated carbocycles. The highest BCUT2D eigenvalue weighted by Crippen LogP contribution is 2.29. The van der Waals surface area contributed by atoms with Crippen molar-refractivity contribution in [3.8, 4) is 16.6 Å². The van der Waals surface area contributed by atoms with Gasteiger partial charge in [0.05, 0.1) is 10.9 Å². The van der Waals surface area contributed by atoms with Gasteiger partial charge in [-0.1, -0.05) is 6.07 Å². The first-order valence-corrected chi connectivity index (χ1v) is 5.95. The summed E-state index contributed by atoms with van der Waals surface area (Å²) in [7, 11) is 0. The van der Waals surface area contributed by atoms with Crippen molar-refractivity contribution in [1.82, 2.24) is 9.97 Å². The zero-order valence-electron chi connectivity index (χ0n) is 9.53. The van der Waals surface area contributed by atoms with E-state index >= 15 is 0 Å². The summed E-state index contributed by atoms with van der Waals surface area (Å²) in [6, 6.07) is 6.29. The van der Waals surface area contributed by atoms with Gasteiger partial charge in [-0.25, -0.2) is 4.98 Å². The molecule has 2 heterocycles. The lowest BCUT2D eigenvalue weighted by Gasteiger charge is -2.10. The second-order valence-electron chi connectivity index (χ2n) is 4.27. The van der Waals surface area contributed by atoms with Crippen LogP contribution >= 0.6 is 11.3 Å². The fraction of sp³-hybridized carbons (Fsp3) is 0.333. The lowest BCUT2D eigenvalue weighted by Crippen LogP contribution is -2.15. The predicted octanol–water partition coefficient (Wildman–Crippen LogP) is 3.25. The standard InChI is InChI=1S/C12H13N3S/c1-8-10(9-5-4-6-16-9)15-11(14-8)12(2,3)7-13/h4-6H,1-3H3,(H,14,15). The van der Waals surface area contributed by atoms with Crippen LogP contribution in [0.3, 0.4) is 0 Å². The zero-order chi connectivity index (χ0) is 11.8. The average Bonchev–Trinajstić information content (AvgIpc) is 2.86. The van der Waals surface area contributed by atoms with Crippen LogP contribution in [0.1, 0.15) is 25.4 Å². The summed E-state index contributed by atoms with van der Waals surface area (Å²) in [6.07, 6.45) is 0. The van der Waals surface area contributed by atoms with E-state index in [4.69, 9.17) is 5.26 Å². The van der Waals surface area contributed by atoms with Crippen LogP contribution in [0.2, 0.25) is 0 Å². The minimum absolute atomic E-state index is 0.569. The van der Waals surface area contributed by atoms with Gasteiger partial charge >= 0.3 is 0 Å². The zero-order valence-corrected chi connectivity index (χ0v) is 10.4. The Kier molecular flexibility index (Phi) is 2.56. The summed E-state index contributed by atoms with van der Waals surface area (Å²) in [5.74, 6) is 0.732. The monoisotopic (exact) mass is 231 g/mol. The van der Waals surface area contributed by atoms with E-state index in [1.807, 2.05) is 38.3 Å². The fourth-order valence-electron chi connectivity index (χ4n) is 1.46. The second-order valence-corrected chi connectivity index (χ2v) is 5.22. The highest BCUT2D eigenvalue weighted by Gasteiger charge is 2.25. The molecule has 1 N–H and O–H groups in total. The molecule has 0 fully saturated rings. The smallest absolute Gasteiger partial charge is 0.127 e. The maximum atomic E-state index is 9.07. The van der Waals surface area contributed by atoms with Crippen molar-refractivity contribution in [3.63, 3.8) is 0 Å². The number of H-pyrrole nitrogens is 1. The van der Waals surface area contributed by atoms with E-state index in [9.17, 15) is 0 Å². The third-order valence-corrected chi connectivity index (χ3v) is 3.39. The number of aromatic nitrogens is 2. The summed E-state index contributed by atoms with van der Waals surface area (Å²) >= 11 is 1.66. The molecule has 0 bridgehead atoms. The van der Waals surface area contributed by atoms with Gasteiger partial charge in [0.2, 0.25) is 0 Å². The van der Waals surface area contributed by atoms with Crippen molar-refractivity contribution >= 4 is 11.3 Å². The molecule has 82 valence electrons. The van der Waals surface area contributed by atoms with Crippen molar-refractivity contribution in [1.29, 1.82) is 5.26 Å². The van der Waals surface area contributed by atoms with Crippen LogP contribution in [0.25, 0.3) is 10.6 Å². The van der Waals surface area contributed by atoms with Crippen LogP contribution in [0, 0.1) is 18.3 Å². The molecule has 0 radical (unpaired) electrons. The lowest BCUT2D eigenvalue weighted by atomic mass is 9.95. The molecule has 0 aliphatic heterocycles. The van der Waals surface area contributed by atoms with E-state index < -0.39 is 5.41 Å². The maximum absolute atomic E-state index is 9.07. The lowest BCUT2D eigenvalue weighted by molar-refractivity contribution is 0.638. The van der Waals surface area contributed by atoms with Crippen molar-refractivity contribution < 1.29 is 0 Å². The van der Waals surface area contributed by atoms with Crippen molar-refractivity contribution in [3.05, 3.63) is 29.0 Å². The topological polar surface area (TPSA) is 52.5 Å². The first-order chi connectivity index (χ1) is 7.54. The minimum atomic E-state index is -0.569. The van der Waals surface area contributed by atoms with Gasteiger partial charge in [0.1, 0.15) is 16.9 Å². The van der Waals surface area contributed by atoms with E-state index in [1.54, 1.807) is 11.3 Å². The highest BCUT2D eigenvalue weighted by molar-refractivity contribution is 7.13. The average molecular weight is 231 g/mol. The van der Waals surface area contributed by atoms with Gasteiger partial charge in [-0.3, -0.25) is 0 Å². The summed E-state index contributed by atoms with van der Waals surface area (Å²) in [6.45, 7) is 5.71. The van der Waals surface area contributed by atoms with Gasteiger partial charge in [0.25, 0.3) is 0 Å². The molecule has 3 nitrogen and oxygen atoms in total. The molecule has 2 aromatic rings. The predicted molar refractivity (Wildman–Crippen MR) is 65.3 cm³/mol. The molecule has 4 heteroatoms. The van der Waals surface area contributed by atoms with Gasteiger partial charge in [-0.2, -0.15) is 5.26 Å².